The van der Waals surface area contributed by atoms with Crippen molar-refractivity contribution in [3.63, 3.8) is 0 Å². The van der Waals surface area contributed by atoms with Gasteiger partial charge in [-0.2, -0.15) is 0 Å². The summed E-state index contributed by atoms with van der Waals surface area (Å²) in [4.78, 5) is 19.4. The van der Waals surface area contributed by atoms with Crippen molar-refractivity contribution in [3.05, 3.63) is 24.3 Å². The minimum Gasteiger partial charge on any atom is -0.354 e. The Hall–Kier alpha value is -2.04. The van der Waals surface area contributed by atoms with Crippen LogP contribution in [0.3, 0.4) is 0 Å². The normalized spacial score (nSPS) is 18.6. The third-order valence-corrected chi connectivity index (χ3v) is 4.46. The minimum atomic E-state index is 0.0521. The third kappa shape index (κ3) is 3.19. The summed E-state index contributed by atoms with van der Waals surface area (Å²) in [5.41, 5.74) is 2.19. The molecule has 124 valence electrons. The van der Waals surface area contributed by atoms with Crippen LogP contribution in [0, 0.1) is 5.92 Å². The zero-order chi connectivity index (χ0) is 16.4. The molecule has 1 amide bonds. The number of hydrogen-bond acceptors (Lipinski definition) is 3. The Morgan fingerprint density at radius 3 is 2.91 bits per heavy atom. The van der Waals surface area contributed by atoms with Gasteiger partial charge >= 0.3 is 0 Å². The topological polar surface area (TPSA) is 50.2 Å². The molecule has 1 atom stereocenters. The number of rotatable bonds is 4. The van der Waals surface area contributed by atoms with Crippen LogP contribution in [0.25, 0.3) is 11.0 Å². The Balaban J connectivity index is 1.85. The Morgan fingerprint density at radius 1 is 1.39 bits per heavy atom. The van der Waals surface area contributed by atoms with Gasteiger partial charge in [-0.25, -0.2) is 4.98 Å². The molecule has 1 saturated heterocycles. The molecule has 23 heavy (non-hydrogen) atoms. The molecule has 0 unspecified atom stereocenters. The van der Waals surface area contributed by atoms with Gasteiger partial charge in [-0.15, -0.1) is 0 Å². The zero-order valence-electron chi connectivity index (χ0n) is 14.2. The number of hydrogen-bond donors (Lipinski definition) is 1. The van der Waals surface area contributed by atoms with Crippen molar-refractivity contribution in [2.24, 2.45) is 5.92 Å². The van der Waals surface area contributed by atoms with E-state index >= 15 is 0 Å². The van der Waals surface area contributed by atoms with Crippen LogP contribution in [0.2, 0.25) is 0 Å². The van der Waals surface area contributed by atoms with E-state index in [1.165, 1.54) is 5.52 Å². The van der Waals surface area contributed by atoms with Gasteiger partial charge in [0.15, 0.2) is 0 Å². The van der Waals surface area contributed by atoms with Crippen LogP contribution in [0.1, 0.15) is 33.6 Å². The number of carbonyl (C=O) groups is 1. The lowest BCUT2D eigenvalue weighted by Gasteiger charge is -2.33. The van der Waals surface area contributed by atoms with Crippen molar-refractivity contribution in [2.75, 3.05) is 18.0 Å². The Labute approximate surface area is 137 Å². The molecule has 1 N–H and O–H groups in total. The van der Waals surface area contributed by atoms with Crippen molar-refractivity contribution in [3.8, 4) is 0 Å². The Kier molecular flexibility index (Phi) is 4.55. The number of carbonyl (C=O) groups excluding carboxylic acids is 1. The molecule has 0 radical (unpaired) electrons. The molecule has 1 fully saturated rings. The number of nitrogens with one attached hydrogen (secondary N) is 1. The van der Waals surface area contributed by atoms with Gasteiger partial charge in [0, 0.05) is 25.7 Å². The molecule has 2 aromatic rings. The number of anilines is 1. The highest BCUT2D eigenvalue weighted by atomic mass is 16.2. The molecule has 0 saturated carbocycles. The second-order valence-electron chi connectivity index (χ2n) is 6.59. The number of fused-ring (bicyclic) bond motifs is 1. The standard InChI is InChI=1S/C18H26N4O/c1-4-22-16-10-6-5-9-15(16)20-18(22)21-11-7-8-14(12-21)17(23)19-13(2)3/h5-6,9-10,13-14H,4,7-8,11-12H2,1-3H3,(H,19,23)/t14-/m0/s1. The van der Waals surface area contributed by atoms with E-state index in [2.05, 4.69) is 39.9 Å². The SMILES string of the molecule is CCn1c(N2CCC[C@H](C(=O)NC(C)C)C2)nc2ccccc21. The molecule has 1 aromatic heterocycles. The van der Waals surface area contributed by atoms with Crippen molar-refractivity contribution in [1.82, 2.24) is 14.9 Å². The first kappa shape index (κ1) is 15.8. The minimum absolute atomic E-state index is 0.0521. The highest BCUT2D eigenvalue weighted by Gasteiger charge is 2.28. The van der Waals surface area contributed by atoms with E-state index in [-0.39, 0.29) is 17.9 Å². The van der Waals surface area contributed by atoms with Crippen LogP contribution in [0.15, 0.2) is 24.3 Å². The average Bonchev–Trinajstić information content (AvgIpc) is 2.93. The molecule has 0 bridgehead atoms. The summed E-state index contributed by atoms with van der Waals surface area (Å²) < 4.78 is 2.25. The fourth-order valence-electron chi connectivity index (χ4n) is 3.39. The van der Waals surface area contributed by atoms with Gasteiger partial charge in [-0.05, 0) is 45.7 Å². The van der Waals surface area contributed by atoms with Gasteiger partial charge in [0.25, 0.3) is 0 Å². The summed E-state index contributed by atoms with van der Waals surface area (Å²) in [5.74, 6) is 1.22. The fourth-order valence-corrected chi connectivity index (χ4v) is 3.39. The number of para-hydroxylation sites is 2. The quantitative estimate of drug-likeness (QED) is 0.944. The highest BCUT2D eigenvalue weighted by Crippen LogP contribution is 2.27. The smallest absolute Gasteiger partial charge is 0.225 e. The molecule has 0 aliphatic carbocycles. The maximum Gasteiger partial charge on any atom is 0.225 e. The van der Waals surface area contributed by atoms with Gasteiger partial charge in [0.05, 0.1) is 17.0 Å². The van der Waals surface area contributed by atoms with E-state index in [4.69, 9.17) is 4.98 Å². The van der Waals surface area contributed by atoms with Crippen LogP contribution in [-0.4, -0.2) is 34.6 Å². The van der Waals surface area contributed by atoms with E-state index < -0.39 is 0 Å². The predicted octanol–water partition coefficient (Wildman–Crippen LogP) is 2.80. The zero-order valence-corrected chi connectivity index (χ0v) is 14.2. The second-order valence-corrected chi connectivity index (χ2v) is 6.59. The van der Waals surface area contributed by atoms with E-state index in [9.17, 15) is 4.79 Å². The first-order valence-electron chi connectivity index (χ1n) is 8.60. The van der Waals surface area contributed by atoms with Crippen molar-refractivity contribution >= 4 is 22.9 Å². The van der Waals surface area contributed by atoms with Crippen molar-refractivity contribution in [2.45, 2.75) is 46.2 Å². The molecule has 1 aliphatic heterocycles. The predicted molar refractivity (Wildman–Crippen MR) is 93.6 cm³/mol. The average molecular weight is 314 g/mol. The van der Waals surface area contributed by atoms with E-state index in [0.29, 0.717) is 0 Å². The number of aromatic nitrogens is 2. The lowest BCUT2D eigenvalue weighted by atomic mass is 9.97. The molecular formula is C18H26N4O. The molecule has 0 spiro atoms. The molecule has 3 rings (SSSR count). The van der Waals surface area contributed by atoms with Crippen molar-refractivity contribution < 1.29 is 4.79 Å². The summed E-state index contributed by atoms with van der Waals surface area (Å²) in [6, 6.07) is 8.43. The monoisotopic (exact) mass is 314 g/mol. The van der Waals surface area contributed by atoms with Crippen LogP contribution in [-0.2, 0) is 11.3 Å². The maximum absolute atomic E-state index is 12.3. The molecule has 1 aromatic carbocycles. The molecule has 1 aliphatic rings. The number of nitrogens with zero attached hydrogens (tertiary/aromatic N) is 3. The Morgan fingerprint density at radius 2 is 2.17 bits per heavy atom. The fraction of sp³-hybridized carbons (Fsp3) is 0.556. The second kappa shape index (κ2) is 6.60. The van der Waals surface area contributed by atoms with Gasteiger partial charge in [0.1, 0.15) is 0 Å². The number of piperidine rings is 1. The maximum atomic E-state index is 12.3. The first-order chi connectivity index (χ1) is 11.1. The summed E-state index contributed by atoms with van der Waals surface area (Å²) in [6.45, 7) is 8.76. The van der Waals surface area contributed by atoms with Crippen LogP contribution >= 0.6 is 0 Å². The van der Waals surface area contributed by atoms with Crippen LogP contribution < -0.4 is 10.2 Å². The Bertz CT molecular complexity index is 691. The third-order valence-electron chi connectivity index (χ3n) is 4.46. The number of benzene rings is 1. The van der Waals surface area contributed by atoms with E-state index in [1.54, 1.807) is 0 Å². The summed E-state index contributed by atoms with van der Waals surface area (Å²) in [5, 5.41) is 3.05. The lowest BCUT2D eigenvalue weighted by molar-refractivity contribution is -0.125. The summed E-state index contributed by atoms with van der Waals surface area (Å²) >= 11 is 0. The largest absolute Gasteiger partial charge is 0.354 e. The lowest BCUT2D eigenvalue weighted by Crippen LogP contribution is -2.45. The van der Waals surface area contributed by atoms with Crippen molar-refractivity contribution in [1.29, 1.82) is 0 Å². The van der Waals surface area contributed by atoms with Gasteiger partial charge < -0.3 is 14.8 Å². The van der Waals surface area contributed by atoms with Gasteiger partial charge in [-0.3, -0.25) is 4.79 Å². The molecular weight excluding hydrogens is 288 g/mol. The summed E-state index contributed by atoms with van der Waals surface area (Å²) in [7, 11) is 0. The molecule has 5 nitrogen and oxygen atoms in total. The molecule has 5 heteroatoms. The van der Waals surface area contributed by atoms with Crippen LogP contribution in [0.5, 0.6) is 0 Å². The molecule has 2 heterocycles. The van der Waals surface area contributed by atoms with Crippen LogP contribution in [0.4, 0.5) is 5.95 Å². The number of amides is 1. The van der Waals surface area contributed by atoms with E-state index in [1.807, 2.05) is 19.9 Å². The first-order valence-corrected chi connectivity index (χ1v) is 8.60. The van der Waals surface area contributed by atoms with E-state index in [0.717, 1.165) is 43.9 Å². The highest BCUT2D eigenvalue weighted by molar-refractivity contribution is 5.81. The summed E-state index contributed by atoms with van der Waals surface area (Å²) in [6.07, 6.45) is 1.99. The van der Waals surface area contributed by atoms with Gasteiger partial charge in [0.2, 0.25) is 11.9 Å². The van der Waals surface area contributed by atoms with Gasteiger partial charge in [-0.1, -0.05) is 12.1 Å². The number of imidazole rings is 1. The number of aryl methyl sites for hydroxylation is 1.